The van der Waals surface area contributed by atoms with Crippen molar-refractivity contribution in [2.45, 2.75) is 39.5 Å². The third-order valence-corrected chi connectivity index (χ3v) is 3.86. The Labute approximate surface area is 128 Å². The minimum atomic E-state index is -0.546. The molecule has 1 N–H and O–H groups in total. The molecule has 1 aliphatic rings. The van der Waals surface area contributed by atoms with Crippen molar-refractivity contribution >= 4 is 28.9 Å². The molecule has 0 fully saturated rings. The summed E-state index contributed by atoms with van der Waals surface area (Å²) >= 11 is 0. The van der Waals surface area contributed by atoms with Crippen LogP contribution in [-0.2, 0) is 15.0 Å². The van der Waals surface area contributed by atoms with Crippen LogP contribution < -0.4 is 10.2 Å². The Hall–Kier alpha value is -2.44. The fraction of sp³-hybridized carbons (Fsp3) is 0.467. The minimum absolute atomic E-state index is 0.161. The molecule has 0 unspecified atom stereocenters. The lowest BCUT2D eigenvalue weighted by atomic mass is 9.86. The maximum atomic E-state index is 11.8. The van der Waals surface area contributed by atoms with Gasteiger partial charge in [-0.3, -0.25) is 19.7 Å². The number of nitro benzene ring substituents is 1. The van der Waals surface area contributed by atoms with E-state index in [9.17, 15) is 19.7 Å². The summed E-state index contributed by atoms with van der Waals surface area (Å²) in [5.74, 6) is -0.450. The Kier molecular flexibility index (Phi) is 3.91. The van der Waals surface area contributed by atoms with E-state index in [1.54, 1.807) is 13.0 Å². The van der Waals surface area contributed by atoms with E-state index in [0.717, 1.165) is 5.56 Å². The molecule has 7 heteroatoms. The van der Waals surface area contributed by atoms with Crippen LogP contribution in [0, 0.1) is 10.1 Å². The Morgan fingerprint density at radius 1 is 1.41 bits per heavy atom. The normalized spacial score (nSPS) is 15.4. The van der Waals surface area contributed by atoms with E-state index >= 15 is 0 Å². The molecule has 0 aromatic heterocycles. The summed E-state index contributed by atoms with van der Waals surface area (Å²) in [5, 5.41) is 13.8. The fourth-order valence-corrected chi connectivity index (χ4v) is 2.68. The van der Waals surface area contributed by atoms with Gasteiger partial charge in [-0.25, -0.2) is 0 Å². The molecule has 2 rings (SSSR count). The molecular formula is C15H19N3O4. The molecular weight excluding hydrogens is 286 g/mol. The third kappa shape index (κ3) is 2.66. The minimum Gasteiger partial charge on any atom is -0.320 e. The van der Waals surface area contributed by atoms with E-state index in [-0.39, 0.29) is 35.0 Å². The fourth-order valence-electron chi connectivity index (χ4n) is 2.68. The number of nitro groups is 1. The van der Waals surface area contributed by atoms with Gasteiger partial charge >= 0.3 is 0 Å². The Balaban J connectivity index is 2.62. The number of nitrogens with zero attached hydrogens (tertiary/aromatic N) is 2. The molecule has 0 spiro atoms. The first kappa shape index (κ1) is 15.9. The quantitative estimate of drug-likeness (QED) is 0.686. The first-order valence-corrected chi connectivity index (χ1v) is 7.08. The highest BCUT2D eigenvalue weighted by atomic mass is 16.6. The number of benzene rings is 1. The number of hydrogen-bond acceptors (Lipinski definition) is 4. The SMILES string of the molecule is CCC(=O)Nc1cc2c(cc1[N+](=O)[O-])N(C(C)=O)CC2(C)C. The average molecular weight is 305 g/mol. The lowest BCUT2D eigenvalue weighted by Crippen LogP contribution is -2.31. The molecule has 1 aromatic carbocycles. The van der Waals surface area contributed by atoms with Crippen molar-refractivity contribution < 1.29 is 14.5 Å². The van der Waals surface area contributed by atoms with E-state index in [4.69, 9.17) is 0 Å². The third-order valence-electron chi connectivity index (χ3n) is 3.86. The van der Waals surface area contributed by atoms with Gasteiger partial charge < -0.3 is 10.2 Å². The summed E-state index contributed by atoms with van der Waals surface area (Å²) in [6.07, 6.45) is 0.233. The summed E-state index contributed by atoms with van der Waals surface area (Å²) < 4.78 is 0. The Morgan fingerprint density at radius 2 is 2.05 bits per heavy atom. The Bertz CT molecular complexity index is 667. The van der Waals surface area contributed by atoms with Gasteiger partial charge in [-0.15, -0.1) is 0 Å². The van der Waals surface area contributed by atoms with Crippen LogP contribution in [0.2, 0.25) is 0 Å². The number of nitrogens with one attached hydrogen (secondary N) is 1. The predicted molar refractivity (Wildman–Crippen MR) is 83.1 cm³/mol. The Morgan fingerprint density at radius 3 is 2.55 bits per heavy atom. The highest BCUT2D eigenvalue weighted by Crippen LogP contribution is 2.45. The maximum Gasteiger partial charge on any atom is 0.294 e. The summed E-state index contributed by atoms with van der Waals surface area (Å²) in [5.41, 5.74) is 0.999. The number of carbonyl (C=O) groups is 2. The van der Waals surface area contributed by atoms with Crippen LogP contribution >= 0.6 is 0 Å². The van der Waals surface area contributed by atoms with Crippen molar-refractivity contribution in [1.29, 1.82) is 0 Å². The van der Waals surface area contributed by atoms with Crippen LogP contribution in [0.5, 0.6) is 0 Å². The van der Waals surface area contributed by atoms with Crippen LogP contribution in [-0.4, -0.2) is 23.3 Å². The molecule has 0 saturated carbocycles. The van der Waals surface area contributed by atoms with E-state index in [2.05, 4.69) is 5.32 Å². The molecule has 22 heavy (non-hydrogen) atoms. The molecule has 1 aliphatic heterocycles. The zero-order valence-corrected chi connectivity index (χ0v) is 13.1. The number of anilines is 2. The topological polar surface area (TPSA) is 92.5 Å². The molecule has 0 bridgehead atoms. The van der Waals surface area contributed by atoms with E-state index in [1.807, 2.05) is 13.8 Å². The van der Waals surface area contributed by atoms with E-state index in [1.165, 1.54) is 17.9 Å². The van der Waals surface area contributed by atoms with Gasteiger partial charge in [-0.05, 0) is 11.6 Å². The average Bonchev–Trinajstić information content (AvgIpc) is 2.69. The largest absolute Gasteiger partial charge is 0.320 e. The van der Waals surface area contributed by atoms with Gasteiger partial charge in [-0.1, -0.05) is 20.8 Å². The summed E-state index contributed by atoms with van der Waals surface area (Å²) in [4.78, 5) is 35.6. The zero-order valence-electron chi connectivity index (χ0n) is 13.1. The van der Waals surface area contributed by atoms with Crippen molar-refractivity contribution in [2.24, 2.45) is 0 Å². The molecule has 2 amide bonds. The first-order valence-electron chi connectivity index (χ1n) is 7.08. The summed E-state index contributed by atoms with van der Waals surface area (Å²) in [6.45, 7) is 7.50. The smallest absolute Gasteiger partial charge is 0.294 e. The lowest BCUT2D eigenvalue weighted by molar-refractivity contribution is -0.383. The van der Waals surface area contributed by atoms with Gasteiger partial charge in [0.05, 0.1) is 10.6 Å². The van der Waals surface area contributed by atoms with Crippen molar-refractivity contribution in [3.8, 4) is 0 Å². The van der Waals surface area contributed by atoms with Gasteiger partial charge in [0.2, 0.25) is 11.8 Å². The second-order valence-electron chi connectivity index (χ2n) is 6.03. The molecule has 7 nitrogen and oxygen atoms in total. The molecule has 1 aromatic rings. The zero-order chi connectivity index (χ0) is 16.7. The molecule has 118 valence electrons. The molecule has 0 radical (unpaired) electrons. The van der Waals surface area contributed by atoms with E-state index in [0.29, 0.717) is 12.2 Å². The molecule has 1 heterocycles. The lowest BCUT2D eigenvalue weighted by Gasteiger charge is -2.19. The van der Waals surface area contributed by atoms with Gasteiger partial charge in [0.1, 0.15) is 5.69 Å². The number of carbonyl (C=O) groups excluding carboxylic acids is 2. The molecule has 0 saturated heterocycles. The van der Waals surface area contributed by atoms with Crippen LogP contribution in [0.15, 0.2) is 12.1 Å². The van der Waals surface area contributed by atoms with Gasteiger partial charge in [-0.2, -0.15) is 0 Å². The molecule has 0 atom stereocenters. The summed E-state index contributed by atoms with van der Waals surface area (Å²) in [7, 11) is 0. The second kappa shape index (κ2) is 5.40. The van der Waals surface area contributed by atoms with Crippen LogP contribution in [0.4, 0.5) is 17.1 Å². The highest BCUT2D eigenvalue weighted by molar-refractivity contribution is 5.98. The first-order chi connectivity index (χ1) is 10.2. The van der Waals surface area contributed by atoms with E-state index < -0.39 is 4.92 Å². The molecule has 0 aliphatic carbocycles. The number of rotatable bonds is 3. The predicted octanol–water partition coefficient (Wildman–Crippen LogP) is 2.59. The van der Waals surface area contributed by atoms with Gasteiger partial charge in [0.25, 0.3) is 5.69 Å². The van der Waals surface area contributed by atoms with Crippen LogP contribution in [0.1, 0.15) is 39.7 Å². The number of hydrogen-bond donors (Lipinski definition) is 1. The number of fused-ring (bicyclic) bond motifs is 1. The summed E-state index contributed by atoms with van der Waals surface area (Å²) in [6, 6.07) is 2.99. The van der Waals surface area contributed by atoms with Crippen molar-refractivity contribution in [2.75, 3.05) is 16.8 Å². The van der Waals surface area contributed by atoms with Crippen LogP contribution in [0.3, 0.4) is 0 Å². The van der Waals surface area contributed by atoms with Crippen LogP contribution in [0.25, 0.3) is 0 Å². The van der Waals surface area contributed by atoms with Crippen molar-refractivity contribution in [3.63, 3.8) is 0 Å². The maximum absolute atomic E-state index is 11.8. The standard InChI is InChI=1S/C15H19N3O4/c1-5-14(20)16-11-6-10-12(7-13(11)18(21)22)17(9(2)19)8-15(10,3)4/h6-7H,5,8H2,1-4H3,(H,16,20). The highest BCUT2D eigenvalue weighted by Gasteiger charge is 2.39. The van der Waals surface area contributed by atoms with Crippen molar-refractivity contribution in [1.82, 2.24) is 0 Å². The van der Waals surface area contributed by atoms with Crippen molar-refractivity contribution in [3.05, 3.63) is 27.8 Å². The van der Waals surface area contributed by atoms with Gasteiger partial charge in [0.15, 0.2) is 0 Å². The second-order valence-corrected chi connectivity index (χ2v) is 6.03. The number of amides is 2. The van der Waals surface area contributed by atoms with Gasteiger partial charge in [0, 0.05) is 31.4 Å². The monoisotopic (exact) mass is 305 g/mol.